The molecule has 0 aromatic heterocycles. The number of hydrogen-bond acceptors (Lipinski definition) is 2. The molecule has 1 atom stereocenters. The first-order valence-corrected chi connectivity index (χ1v) is 4.58. The molecule has 0 bridgehead atoms. The predicted molar refractivity (Wildman–Crippen MR) is 51.3 cm³/mol. The molecule has 0 aromatic rings. The van der Waals surface area contributed by atoms with Crippen LogP contribution >= 0.6 is 0 Å². The van der Waals surface area contributed by atoms with Gasteiger partial charge in [-0.3, -0.25) is 4.90 Å². The van der Waals surface area contributed by atoms with Crippen molar-refractivity contribution in [1.29, 1.82) is 0 Å². The van der Waals surface area contributed by atoms with Crippen molar-refractivity contribution in [2.24, 2.45) is 0 Å². The fourth-order valence-electron chi connectivity index (χ4n) is 1.53. The molecule has 0 spiro atoms. The van der Waals surface area contributed by atoms with E-state index in [-0.39, 0.29) is 0 Å². The minimum absolute atomic E-state index is 0.340. The van der Waals surface area contributed by atoms with Gasteiger partial charge in [-0.25, -0.2) is 0 Å². The second-order valence-corrected chi connectivity index (χ2v) is 3.91. The number of likely N-dealkylation sites (tertiary alicyclic amines) is 1. The summed E-state index contributed by atoms with van der Waals surface area (Å²) in [6, 6.07) is 0.555. The maximum atomic E-state index is 5.56. The summed E-state index contributed by atoms with van der Waals surface area (Å²) in [5.74, 6) is 0. The normalized spacial score (nSPS) is 25.7. The molecule has 0 aromatic carbocycles. The molecule has 1 saturated heterocycles. The van der Waals surface area contributed by atoms with Crippen LogP contribution in [-0.2, 0) is 4.74 Å². The molecule has 1 fully saturated rings. The van der Waals surface area contributed by atoms with E-state index in [0.29, 0.717) is 12.1 Å². The van der Waals surface area contributed by atoms with Crippen LogP contribution in [-0.4, -0.2) is 37.2 Å². The van der Waals surface area contributed by atoms with Crippen LogP contribution in [0.5, 0.6) is 0 Å². The Kier molecular flexibility index (Phi) is 3.29. The van der Waals surface area contributed by atoms with E-state index in [1.165, 1.54) is 5.57 Å². The largest absolute Gasteiger partial charge is 0.377 e. The number of hydrogen-bond donors (Lipinski definition) is 0. The van der Waals surface area contributed by atoms with Gasteiger partial charge in [0.05, 0.1) is 12.7 Å². The van der Waals surface area contributed by atoms with Crippen molar-refractivity contribution in [3.63, 3.8) is 0 Å². The minimum Gasteiger partial charge on any atom is -0.377 e. The summed E-state index contributed by atoms with van der Waals surface area (Å²) in [6.07, 6.45) is 1.44. The van der Waals surface area contributed by atoms with E-state index >= 15 is 0 Å². The Morgan fingerprint density at radius 2 is 2.33 bits per heavy atom. The molecule has 1 rings (SSSR count). The van der Waals surface area contributed by atoms with Crippen LogP contribution in [0.2, 0.25) is 0 Å². The average Bonchev–Trinajstić information content (AvgIpc) is 2.26. The van der Waals surface area contributed by atoms with Crippen molar-refractivity contribution in [2.75, 3.05) is 20.2 Å². The van der Waals surface area contributed by atoms with E-state index in [1.807, 2.05) is 0 Å². The molecule has 70 valence electrons. The first-order valence-electron chi connectivity index (χ1n) is 4.58. The van der Waals surface area contributed by atoms with Gasteiger partial charge in [-0.1, -0.05) is 12.2 Å². The zero-order valence-electron chi connectivity index (χ0n) is 8.34. The van der Waals surface area contributed by atoms with Crippen molar-refractivity contribution in [3.8, 4) is 0 Å². The molecule has 1 heterocycles. The maximum absolute atomic E-state index is 5.56. The summed E-state index contributed by atoms with van der Waals surface area (Å²) in [4.78, 5) is 2.31. The van der Waals surface area contributed by atoms with Crippen molar-refractivity contribution < 1.29 is 4.74 Å². The van der Waals surface area contributed by atoms with E-state index in [4.69, 9.17) is 4.74 Å². The summed E-state index contributed by atoms with van der Waals surface area (Å²) in [7, 11) is 2.13. The smallest absolute Gasteiger partial charge is 0.0628 e. The van der Waals surface area contributed by atoms with Gasteiger partial charge in [0.15, 0.2) is 0 Å². The molecule has 1 aliphatic heterocycles. The highest BCUT2D eigenvalue weighted by Crippen LogP contribution is 2.19. The highest BCUT2D eigenvalue weighted by molar-refractivity contribution is 5.07. The average molecular weight is 169 g/mol. The lowest BCUT2D eigenvalue weighted by atomic mass is 10.2. The van der Waals surface area contributed by atoms with Crippen LogP contribution in [0.3, 0.4) is 0 Å². The van der Waals surface area contributed by atoms with E-state index in [1.54, 1.807) is 0 Å². The van der Waals surface area contributed by atoms with Gasteiger partial charge in [-0.2, -0.15) is 0 Å². The van der Waals surface area contributed by atoms with Crippen LogP contribution in [0.25, 0.3) is 0 Å². The highest BCUT2D eigenvalue weighted by atomic mass is 16.5. The molecule has 0 N–H and O–H groups in total. The Morgan fingerprint density at radius 3 is 2.75 bits per heavy atom. The fourth-order valence-corrected chi connectivity index (χ4v) is 1.53. The van der Waals surface area contributed by atoms with Crippen LogP contribution < -0.4 is 0 Å². The Labute approximate surface area is 75.2 Å². The Bertz CT molecular complexity index is 165. The number of nitrogens with zero attached hydrogens (tertiary/aromatic N) is 1. The van der Waals surface area contributed by atoms with Crippen molar-refractivity contribution in [3.05, 3.63) is 12.2 Å². The summed E-state index contributed by atoms with van der Waals surface area (Å²) >= 11 is 0. The Balaban J connectivity index is 2.28. The zero-order valence-corrected chi connectivity index (χ0v) is 8.34. The second kappa shape index (κ2) is 4.06. The molecule has 12 heavy (non-hydrogen) atoms. The van der Waals surface area contributed by atoms with Gasteiger partial charge in [0.2, 0.25) is 0 Å². The first-order chi connectivity index (χ1) is 5.59. The van der Waals surface area contributed by atoms with E-state index in [2.05, 4.69) is 32.4 Å². The SMILES string of the molecule is C=C1CC(COC(C)C)N(C)C1. The quantitative estimate of drug-likeness (QED) is 0.596. The third-order valence-corrected chi connectivity index (χ3v) is 2.24. The molecule has 2 nitrogen and oxygen atoms in total. The Morgan fingerprint density at radius 1 is 1.67 bits per heavy atom. The van der Waals surface area contributed by atoms with Gasteiger partial charge < -0.3 is 4.74 Å². The molecule has 0 saturated carbocycles. The Hall–Kier alpha value is -0.340. The van der Waals surface area contributed by atoms with E-state index in [0.717, 1.165) is 19.6 Å². The molecule has 1 aliphatic rings. The summed E-state index contributed by atoms with van der Waals surface area (Å²) in [5, 5.41) is 0. The number of ether oxygens (including phenoxy) is 1. The summed E-state index contributed by atoms with van der Waals surface area (Å²) in [5.41, 5.74) is 1.33. The van der Waals surface area contributed by atoms with Gasteiger partial charge >= 0.3 is 0 Å². The maximum Gasteiger partial charge on any atom is 0.0628 e. The molecule has 1 unspecified atom stereocenters. The molecule has 0 radical (unpaired) electrons. The second-order valence-electron chi connectivity index (χ2n) is 3.91. The van der Waals surface area contributed by atoms with Crippen molar-refractivity contribution in [2.45, 2.75) is 32.4 Å². The van der Waals surface area contributed by atoms with Gasteiger partial charge in [-0.15, -0.1) is 0 Å². The van der Waals surface area contributed by atoms with Gasteiger partial charge in [0.25, 0.3) is 0 Å². The highest BCUT2D eigenvalue weighted by Gasteiger charge is 2.23. The van der Waals surface area contributed by atoms with Crippen molar-refractivity contribution in [1.82, 2.24) is 4.90 Å². The lowest BCUT2D eigenvalue weighted by molar-refractivity contribution is 0.0433. The van der Waals surface area contributed by atoms with Gasteiger partial charge in [0.1, 0.15) is 0 Å². The van der Waals surface area contributed by atoms with Crippen LogP contribution in [0.4, 0.5) is 0 Å². The van der Waals surface area contributed by atoms with Crippen LogP contribution in [0, 0.1) is 0 Å². The molecule has 2 heteroatoms. The van der Waals surface area contributed by atoms with Crippen LogP contribution in [0.1, 0.15) is 20.3 Å². The molecule has 0 aliphatic carbocycles. The number of rotatable bonds is 3. The van der Waals surface area contributed by atoms with Gasteiger partial charge in [-0.05, 0) is 27.3 Å². The predicted octanol–water partition coefficient (Wildman–Crippen LogP) is 1.67. The van der Waals surface area contributed by atoms with Crippen molar-refractivity contribution >= 4 is 0 Å². The van der Waals surface area contributed by atoms with Crippen LogP contribution in [0.15, 0.2) is 12.2 Å². The molecular formula is C10H19NO. The van der Waals surface area contributed by atoms with E-state index < -0.39 is 0 Å². The first kappa shape index (κ1) is 9.75. The lowest BCUT2D eigenvalue weighted by Crippen LogP contribution is -2.30. The lowest BCUT2D eigenvalue weighted by Gasteiger charge is -2.19. The standard InChI is InChI=1S/C10H19NO/c1-8(2)12-7-10-5-9(3)6-11(10)4/h8,10H,3,5-7H2,1-2,4H3. The fraction of sp³-hybridized carbons (Fsp3) is 0.800. The molecular weight excluding hydrogens is 150 g/mol. The third-order valence-electron chi connectivity index (χ3n) is 2.24. The minimum atomic E-state index is 0.340. The zero-order chi connectivity index (χ0) is 9.14. The molecule has 0 amide bonds. The summed E-state index contributed by atoms with van der Waals surface area (Å²) < 4.78 is 5.56. The summed E-state index contributed by atoms with van der Waals surface area (Å²) in [6.45, 7) is 10.0. The van der Waals surface area contributed by atoms with Gasteiger partial charge in [0, 0.05) is 12.6 Å². The monoisotopic (exact) mass is 169 g/mol. The van der Waals surface area contributed by atoms with E-state index in [9.17, 15) is 0 Å². The topological polar surface area (TPSA) is 12.5 Å². The third kappa shape index (κ3) is 2.61. The number of likely N-dealkylation sites (N-methyl/N-ethyl adjacent to an activating group) is 1.